The van der Waals surface area contributed by atoms with E-state index in [4.69, 9.17) is 0 Å². The summed E-state index contributed by atoms with van der Waals surface area (Å²) in [6.45, 7) is 1.12. The smallest absolute Gasteiger partial charge is 0.126 e. The van der Waals surface area contributed by atoms with Crippen LogP contribution in [0.2, 0.25) is 0 Å². The first kappa shape index (κ1) is 12.1. The molecule has 1 heterocycles. The molecule has 2 rings (SSSR count). The number of hydrogen-bond donors (Lipinski definition) is 1. The Morgan fingerprint density at radius 1 is 1.38 bits per heavy atom. The van der Waals surface area contributed by atoms with Gasteiger partial charge in [0.15, 0.2) is 0 Å². The van der Waals surface area contributed by atoms with Crippen molar-refractivity contribution in [1.29, 1.82) is 0 Å². The third-order valence-corrected chi connectivity index (χ3v) is 3.68. The van der Waals surface area contributed by atoms with Crippen LogP contribution >= 0.6 is 15.9 Å². The largest absolute Gasteiger partial charge is 0.314 e. The molecule has 1 unspecified atom stereocenters. The maximum Gasteiger partial charge on any atom is 0.126 e. The summed E-state index contributed by atoms with van der Waals surface area (Å²) in [5.74, 6) is -0.0843. The van der Waals surface area contributed by atoms with Crippen molar-refractivity contribution in [2.75, 3.05) is 6.54 Å². The van der Waals surface area contributed by atoms with Crippen LogP contribution in [-0.4, -0.2) is 12.6 Å². The van der Waals surface area contributed by atoms with Crippen LogP contribution in [0.4, 0.5) is 4.39 Å². The van der Waals surface area contributed by atoms with Gasteiger partial charge in [-0.25, -0.2) is 4.39 Å². The molecular weight excluding hydrogens is 269 g/mol. The van der Waals surface area contributed by atoms with Gasteiger partial charge in [-0.1, -0.05) is 22.4 Å². The van der Waals surface area contributed by atoms with E-state index in [-0.39, 0.29) is 5.82 Å². The van der Waals surface area contributed by atoms with Gasteiger partial charge in [-0.3, -0.25) is 0 Å². The average molecular weight is 286 g/mol. The van der Waals surface area contributed by atoms with E-state index in [1.165, 1.54) is 25.3 Å². The van der Waals surface area contributed by atoms with Gasteiger partial charge in [-0.2, -0.15) is 0 Å². The van der Waals surface area contributed by atoms with Crippen molar-refractivity contribution in [2.45, 2.75) is 38.1 Å². The summed E-state index contributed by atoms with van der Waals surface area (Å²) in [5, 5.41) is 3.49. The summed E-state index contributed by atoms with van der Waals surface area (Å²) in [7, 11) is 0. The van der Waals surface area contributed by atoms with Crippen molar-refractivity contribution in [3.63, 3.8) is 0 Å². The SMILES string of the molecule is Fc1ccc(Br)cc1CCC1CCCCN1. The quantitative estimate of drug-likeness (QED) is 0.894. The molecule has 1 saturated heterocycles. The van der Waals surface area contributed by atoms with E-state index in [2.05, 4.69) is 21.2 Å². The third kappa shape index (κ3) is 3.29. The summed E-state index contributed by atoms with van der Waals surface area (Å²) in [6, 6.07) is 5.75. The van der Waals surface area contributed by atoms with Gasteiger partial charge in [0.25, 0.3) is 0 Å². The normalized spacial score (nSPS) is 21.0. The molecule has 1 nitrogen and oxygen atoms in total. The lowest BCUT2D eigenvalue weighted by Gasteiger charge is -2.23. The second kappa shape index (κ2) is 5.78. The summed E-state index contributed by atoms with van der Waals surface area (Å²) >= 11 is 3.38. The number of nitrogens with one attached hydrogen (secondary N) is 1. The summed E-state index contributed by atoms with van der Waals surface area (Å²) in [4.78, 5) is 0. The van der Waals surface area contributed by atoms with Crippen LogP contribution in [0.5, 0.6) is 0 Å². The van der Waals surface area contributed by atoms with Crippen molar-refractivity contribution in [1.82, 2.24) is 5.32 Å². The Morgan fingerprint density at radius 3 is 3.00 bits per heavy atom. The molecule has 1 aromatic rings. The molecule has 1 atom stereocenters. The molecule has 3 heteroatoms. The first-order valence-corrected chi connectivity index (χ1v) is 6.72. The van der Waals surface area contributed by atoms with Crippen molar-refractivity contribution < 1.29 is 4.39 Å². The fourth-order valence-electron chi connectivity index (χ4n) is 2.24. The number of halogens is 2. The summed E-state index contributed by atoms with van der Waals surface area (Å²) in [6.07, 6.45) is 5.67. The van der Waals surface area contributed by atoms with E-state index in [1.54, 1.807) is 6.07 Å². The van der Waals surface area contributed by atoms with Gasteiger partial charge < -0.3 is 5.32 Å². The van der Waals surface area contributed by atoms with E-state index in [0.717, 1.165) is 29.4 Å². The van der Waals surface area contributed by atoms with E-state index in [1.807, 2.05) is 6.07 Å². The van der Waals surface area contributed by atoms with E-state index >= 15 is 0 Å². The third-order valence-electron chi connectivity index (χ3n) is 3.18. The molecule has 0 saturated carbocycles. The lowest BCUT2D eigenvalue weighted by Crippen LogP contribution is -2.34. The number of benzene rings is 1. The minimum atomic E-state index is -0.0843. The minimum absolute atomic E-state index is 0.0843. The van der Waals surface area contributed by atoms with Crippen LogP contribution in [0.15, 0.2) is 22.7 Å². The van der Waals surface area contributed by atoms with Crippen LogP contribution in [0.3, 0.4) is 0 Å². The first-order chi connectivity index (χ1) is 7.75. The highest BCUT2D eigenvalue weighted by molar-refractivity contribution is 9.10. The highest BCUT2D eigenvalue weighted by atomic mass is 79.9. The summed E-state index contributed by atoms with van der Waals surface area (Å²) in [5.41, 5.74) is 0.821. The van der Waals surface area contributed by atoms with Gasteiger partial charge in [-0.05, 0) is 56.0 Å². The zero-order valence-corrected chi connectivity index (χ0v) is 10.9. The van der Waals surface area contributed by atoms with Crippen molar-refractivity contribution in [3.05, 3.63) is 34.1 Å². The molecule has 0 aromatic heterocycles. The molecule has 1 fully saturated rings. The van der Waals surface area contributed by atoms with Crippen molar-refractivity contribution in [2.24, 2.45) is 0 Å². The zero-order chi connectivity index (χ0) is 11.4. The van der Waals surface area contributed by atoms with E-state index in [0.29, 0.717) is 6.04 Å². The van der Waals surface area contributed by atoms with Crippen LogP contribution in [0, 0.1) is 5.82 Å². The lowest BCUT2D eigenvalue weighted by molar-refractivity contribution is 0.381. The van der Waals surface area contributed by atoms with Crippen LogP contribution in [0.25, 0.3) is 0 Å². The Balaban J connectivity index is 1.90. The second-order valence-corrected chi connectivity index (χ2v) is 5.34. The monoisotopic (exact) mass is 285 g/mol. The fourth-order valence-corrected chi connectivity index (χ4v) is 2.64. The first-order valence-electron chi connectivity index (χ1n) is 5.93. The topological polar surface area (TPSA) is 12.0 Å². The fraction of sp³-hybridized carbons (Fsp3) is 0.538. The van der Waals surface area contributed by atoms with Crippen molar-refractivity contribution in [3.8, 4) is 0 Å². The number of rotatable bonds is 3. The maximum absolute atomic E-state index is 13.5. The van der Waals surface area contributed by atoms with Gasteiger partial charge >= 0.3 is 0 Å². The predicted molar refractivity (Wildman–Crippen MR) is 68.1 cm³/mol. The second-order valence-electron chi connectivity index (χ2n) is 4.42. The summed E-state index contributed by atoms with van der Waals surface area (Å²) < 4.78 is 14.4. The molecule has 1 aromatic carbocycles. The number of piperidine rings is 1. The Morgan fingerprint density at radius 2 is 2.25 bits per heavy atom. The Labute approximate surface area is 105 Å². The molecule has 0 radical (unpaired) electrons. The molecule has 1 N–H and O–H groups in total. The molecule has 88 valence electrons. The predicted octanol–water partition coefficient (Wildman–Crippen LogP) is 3.66. The van der Waals surface area contributed by atoms with E-state index < -0.39 is 0 Å². The van der Waals surface area contributed by atoms with Gasteiger partial charge in [-0.15, -0.1) is 0 Å². The van der Waals surface area contributed by atoms with Gasteiger partial charge in [0.05, 0.1) is 0 Å². The highest BCUT2D eigenvalue weighted by Gasteiger charge is 2.13. The molecule has 1 aliphatic rings. The lowest BCUT2D eigenvalue weighted by atomic mass is 9.98. The van der Waals surface area contributed by atoms with Gasteiger partial charge in [0.2, 0.25) is 0 Å². The number of hydrogen-bond acceptors (Lipinski definition) is 1. The van der Waals surface area contributed by atoms with Gasteiger partial charge in [0, 0.05) is 10.5 Å². The average Bonchev–Trinajstić information content (AvgIpc) is 2.32. The molecule has 0 spiro atoms. The maximum atomic E-state index is 13.5. The van der Waals surface area contributed by atoms with Crippen LogP contribution < -0.4 is 5.32 Å². The highest BCUT2D eigenvalue weighted by Crippen LogP contribution is 2.19. The van der Waals surface area contributed by atoms with Crippen LogP contribution in [-0.2, 0) is 6.42 Å². The molecule has 16 heavy (non-hydrogen) atoms. The Hall–Kier alpha value is -0.410. The standard InChI is InChI=1S/C13H17BrFN/c14-11-5-7-13(15)10(9-11)4-6-12-3-1-2-8-16-12/h5,7,9,12,16H,1-4,6,8H2. The molecule has 1 aliphatic heterocycles. The Bertz CT molecular complexity index is 348. The molecule has 0 aliphatic carbocycles. The Kier molecular flexibility index (Phi) is 4.36. The van der Waals surface area contributed by atoms with Gasteiger partial charge in [0.1, 0.15) is 5.82 Å². The number of aryl methyl sites for hydroxylation is 1. The molecule has 0 amide bonds. The zero-order valence-electron chi connectivity index (χ0n) is 9.31. The van der Waals surface area contributed by atoms with E-state index in [9.17, 15) is 4.39 Å². The molecule has 0 bridgehead atoms. The van der Waals surface area contributed by atoms with Crippen LogP contribution in [0.1, 0.15) is 31.2 Å². The minimum Gasteiger partial charge on any atom is -0.314 e. The van der Waals surface area contributed by atoms with Crippen molar-refractivity contribution >= 4 is 15.9 Å². The molecular formula is C13H17BrFN.